The van der Waals surface area contributed by atoms with Crippen LogP contribution in [-0.4, -0.2) is 71.5 Å². The van der Waals surface area contributed by atoms with E-state index in [0.717, 1.165) is 57.1 Å². The third kappa shape index (κ3) is 9.91. The molecule has 4 aromatic carbocycles. The second-order valence-electron chi connectivity index (χ2n) is 14.2. The molecule has 11 nitrogen and oxygen atoms in total. The number of aliphatic hydroxyl groups excluding tert-OH is 1. The van der Waals surface area contributed by atoms with Crippen molar-refractivity contribution in [3.63, 3.8) is 0 Å². The van der Waals surface area contributed by atoms with Gasteiger partial charge in [-0.3, -0.25) is 14.9 Å². The van der Waals surface area contributed by atoms with Gasteiger partial charge in [-0.15, -0.1) is 0 Å². The average molecular weight is 784 g/mol. The summed E-state index contributed by atoms with van der Waals surface area (Å²) in [7, 11) is 4.38. The number of aromatic amines is 1. The summed E-state index contributed by atoms with van der Waals surface area (Å²) in [5.74, 6) is -0.211. The fraction of sp³-hybridized carbons (Fsp3) is 0.293. The highest BCUT2D eigenvalue weighted by atomic mass is 79.9. The minimum Gasteiger partial charge on any atom is -0.506 e. The van der Waals surface area contributed by atoms with Gasteiger partial charge in [0.05, 0.1) is 50.2 Å². The van der Waals surface area contributed by atoms with Gasteiger partial charge in [-0.05, 0) is 74.9 Å². The number of piperidine rings is 1. The molecule has 6 rings (SSSR count). The number of anilines is 2. The van der Waals surface area contributed by atoms with Gasteiger partial charge in [-0.2, -0.15) is 0 Å². The SMILES string of the molecule is C[N+]1(C)CCC(OC(=O)Nc2cc(CCC(=O)Nc3ccc(CNC[C@@H](O)c4ccc(O)c5[nH]c(=O)ccc45)cc3Br)ccc2-c2ccccc2)CC1. The van der Waals surface area contributed by atoms with Gasteiger partial charge in [-0.1, -0.05) is 54.6 Å². The Morgan fingerprint density at radius 1 is 0.925 bits per heavy atom. The molecule has 53 heavy (non-hydrogen) atoms. The molecule has 0 aliphatic carbocycles. The lowest BCUT2D eigenvalue weighted by atomic mass is 9.99. The number of likely N-dealkylation sites (tertiary alicyclic amines) is 1. The summed E-state index contributed by atoms with van der Waals surface area (Å²) in [5, 5.41) is 30.8. The number of amides is 2. The number of phenolic OH excluding ortho intramolecular Hbond substituents is 1. The van der Waals surface area contributed by atoms with Crippen molar-refractivity contribution in [2.45, 2.75) is 44.4 Å². The number of carbonyl (C=O) groups is 2. The zero-order valence-corrected chi connectivity index (χ0v) is 31.4. The first-order valence-electron chi connectivity index (χ1n) is 17.7. The van der Waals surface area contributed by atoms with Crippen molar-refractivity contribution in [2.24, 2.45) is 0 Å². The van der Waals surface area contributed by atoms with E-state index in [2.05, 4.69) is 51.0 Å². The number of aromatic hydroxyl groups is 1. The lowest BCUT2D eigenvalue weighted by molar-refractivity contribution is -0.896. The average Bonchev–Trinajstić information content (AvgIpc) is 3.13. The minimum absolute atomic E-state index is 0.0601. The number of pyridine rings is 1. The van der Waals surface area contributed by atoms with Crippen molar-refractivity contribution in [3.8, 4) is 16.9 Å². The van der Waals surface area contributed by atoms with E-state index < -0.39 is 12.2 Å². The van der Waals surface area contributed by atoms with Crippen molar-refractivity contribution in [1.82, 2.24) is 10.3 Å². The van der Waals surface area contributed by atoms with E-state index >= 15 is 0 Å². The van der Waals surface area contributed by atoms with Crippen LogP contribution in [0.4, 0.5) is 16.2 Å². The van der Waals surface area contributed by atoms with Crippen molar-refractivity contribution >= 4 is 50.2 Å². The molecule has 0 spiro atoms. The van der Waals surface area contributed by atoms with Gasteiger partial charge in [0.15, 0.2) is 0 Å². The molecule has 2 amide bonds. The number of H-pyrrole nitrogens is 1. The lowest BCUT2D eigenvalue weighted by Crippen LogP contribution is -2.48. The third-order valence-electron chi connectivity index (χ3n) is 9.67. The molecule has 1 aliphatic rings. The minimum atomic E-state index is -0.880. The van der Waals surface area contributed by atoms with Gasteiger partial charge < -0.3 is 35.1 Å². The number of carbonyl (C=O) groups excluding carboxylic acids is 2. The van der Waals surface area contributed by atoms with E-state index in [1.54, 1.807) is 12.1 Å². The van der Waals surface area contributed by atoms with Crippen LogP contribution in [0.1, 0.15) is 42.1 Å². The van der Waals surface area contributed by atoms with Crippen molar-refractivity contribution < 1.29 is 29.0 Å². The van der Waals surface area contributed by atoms with Crippen LogP contribution in [0.5, 0.6) is 5.75 Å². The highest BCUT2D eigenvalue weighted by Crippen LogP contribution is 2.31. The number of hydrogen-bond donors (Lipinski definition) is 6. The van der Waals surface area contributed by atoms with E-state index in [0.29, 0.717) is 35.3 Å². The van der Waals surface area contributed by atoms with Crippen LogP contribution in [0.2, 0.25) is 0 Å². The summed E-state index contributed by atoms with van der Waals surface area (Å²) in [6.07, 6.45) is 0.887. The number of aryl methyl sites for hydroxylation is 1. The molecule has 1 aromatic heterocycles. The van der Waals surface area contributed by atoms with Crippen LogP contribution < -0.4 is 21.5 Å². The number of quaternary nitrogens is 1. The quantitative estimate of drug-likeness (QED) is 0.0758. The monoisotopic (exact) mass is 782 g/mol. The number of aliphatic hydroxyl groups is 1. The molecule has 1 saturated heterocycles. The number of aromatic nitrogens is 1. The zero-order valence-electron chi connectivity index (χ0n) is 29.8. The first kappa shape index (κ1) is 37.7. The fourth-order valence-corrected chi connectivity index (χ4v) is 7.15. The number of ether oxygens (including phenoxy) is 1. The number of fused-ring (bicyclic) bond motifs is 1. The molecule has 276 valence electrons. The van der Waals surface area contributed by atoms with E-state index in [1.807, 2.05) is 66.7 Å². The van der Waals surface area contributed by atoms with E-state index in [-0.39, 0.29) is 41.8 Å². The third-order valence-corrected chi connectivity index (χ3v) is 10.3. The molecule has 1 fully saturated rings. The van der Waals surface area contributed by atoms with E-state index in [1.165, 1.54) is 12.1 Å². The van der Waals surface area contributed by atoms with E-state index in [4.69, 9.17) is 4.74 Å². The summed E-state index contributed by atoms with van der Waals surface area (Å²) in [6.45, 7) is 2.61. The van der Waals surface area contributed by atoms with Crippen molar-refractivity contribution in [2.75, 3.05) is 44.4 Å². The smallest absolute Gasteiger partial charge is 0.411 e. The van der Waals surface area contributed by atoms with Gasteiger partial charge >= 0.3 is 6.09 Å². The predicted octanol–water partition coefficient (Wildman–Crippen LogP) is 6.85. The fourth-order valence-electron chi connectivity index (χ4n) is 6.62. The van der Waals surface area contributed by atoms with Crippen molar-refractivity contribution in [1.29, 1.82) is 0 Å². The molecule has 6 N–H and O–H groups in total. The highest BCUT2D eigenvalue weighted by Gasteiger charge is 2.28. The predicted molar refractivity (Wildman–Crippen MR) is 211 cm³/mol. The Morgan fingerprint density at radius 3 is 2.43 bits per heavy atom. The molecule has 1 atom stereocenters. The van der Waals surface area contributed by atoms with Crippen LogP contribution in [0.3, 0.4) is 0 Å². The lowest BCUT2D eigenvalue weighted by Gasteiger charge is -2.36. The van der Waals surface area contributed by atoms with Gasteiger partial charge in [0.1, 0.15) is 11.9 Å². The second kappa shape index (κ2) is 16.8. The summed E-state index contributed by atoms with van der Waals surface area (Å²) in [5.41, 5.74) is 5.49. The molecular weight excluding hydrogens is 738 g/mol. The largest absolute Gasteiger partial charge is 0.506 e. The van der Waals surface area contributed by atoms with Crippen molar-refractivity contribution in [3.05, 3.63) is 123 Å². The normalized spacial score (nSPS) is 14.8. The number of rotatable bonds is 12. The molecule has 0 unspecified atom stereocenters. The number of halogens is 1. The number of phenols is 1. The molecule has 0 radical (unpaired) electrons. The molecule has 1 aliphatic heterocycles. The summed E-state index contributed by atoms with van der Waals surface area (Å²) in [6, 6.07) is 27.4. The summed E-state index contributed by atoms with van der Waals surface area (Å²) in [4.78, 5) is 40.4. The Bertz CT molecular complexity index is 2140. The Morgan fingerprint density at radius 2 is 1.68 bits per heavy atom. The Labute approximate surface area is 316 Å². The maximum absolute atomic E-state index is 13.1. The van der Waals surface area contributed by atoms with Crippen LogP contribution in [0, 0.1) is 0 Å². The molecule has 12 heteroatoms. The first-order valence-corrected chi connectivity index (χ1v) is 18.5. The molecule has 5 aromatic rings. The molecule has 2 heterocycles. The van der Waals surface area contributed by atoms with E-state index in [9.17, 15) is 24.6 Å². The van der Waals surface area contributed by atoms with Gasteiger partial charge in [-0.25, -0.2) is 4.79 Å². The summed E-state index contributed by atoms with van der Waals surface area (Å²) < 4.78 is 7.46. The van der Waals surface area contributed by atoms with Gasteiger partial charge in [0, 0.05) is 53.8 Å². The van der Waals surface area contributed by atoms with Crippen LogP contribution >= 0.6 is 15.9 Å². The second-order valence-corrected chi connectivity index (χ2v) is 15.0. The van der Waals surface area contributed by atoms with Crippen LogP contribution in [-0.2, 0) is 22.5 Å². The zero-order chi connectivity index (χ0) is 37.5. The van der Waals surface area contributed by atoms with Gasteiger partial charge in [0.2, 0.25) is 11.5 Å². The Hall–Kier alpha value is -5.01. The maximum Gasteiger partial charge on any atom is 0.411 e. The first-order chi connectivity index (χ1) is 25.4. The number of nitrogens with one attached hydrogen (secondary N) is 4. The molecule has 0 bridgehead atoms. The van der Waals surface area contributed by atoms with Crippen LogP contribution in [0.25, 0.3) is 22.0 Å². The molecule has 0 saturated carbocycles. The standard InChI is InChI=1S/C41H44BrN5O6/c1-47(2)20-18-29(19-21-47)53-41(52)45-35-23-26(8-11-30(35)28-6-4-3-5-7-28)10-16-38(50)44-34-14-9-27(22-33(34)42)24-43-25-37(49)31-12-15-36(48)40-32(31)13-17-39(51)46-40/h3-9,11-15,17,22-23,29,37,43,49H,10,16,18-21,24-25H2,1-2H3,(H3-,44,45,46,48,50,51,52)/p+1/t37-/m1/s1. The highest BCUT2D eigenvalue weighted by molar-refractivity contribution is 9.10. The topological polar surface area (TPSA) is 153 Å². The Kier molecular flexibility index (Phi) is 11.9. The maximum atomic E-state index is 13.1. The van der Waals surface area contributed by atoms with Crippen LogP contribution in [0.15, 0.2) is 100 Å². The number of benzene rings is 4. The van der Waals surface area contributed by atoms with Gasteiger partial charge in [0.25, 0.3) is 0 Å². The molecular formula is C41H45BrN5O6+. The Balaban J connectivity index is 1.03. The summed E-state index contributed by atoms with van der Waals surface area (Å²) >= 11 is 3.57. The number of hydrogen-bond acceptors (Lipinski definition) is 7. The number of nitrogens with zero attached hydrogens (tertiary/aromatic N) is 1.